The monoisotopic (exact) mass is 382 g/mol. The van der Waals surface area contributed by atoms with Gasteiger partial charge in [0.25, 0.3) is 0 Å². The number of hydrogen-bond acceptors (Lipinski definition) is 3. The van der Waals surface area contributed by atoms with Crippen LogP contribution in [-0.4, -0.2) is 41.1 Å². The summed E-state index contributed by atoms with van der Waals surface area (Å²) in [7, 11) is -3.69. The molecule has 0 N–H and O–H groups in total. The van der Waals surface area contributed by atoms with Crippen LogP contribution < -0.4 is 0 Å². The van der Waals surface area contributed by atoms with Gasteiger partial charge in [-0.25, -0.2) is 0 Å². The molecular weight excluding hydrogens is 344 g/mol. The van der Waals surface area contributed by atoms with Gasteiger partial charge in [0.2, 0.25) is 0 Å². The molecule has 0 radical (unpaired) electrons. The van der Waals surface area contributed by atoms with E-state index in [0.717, 1.165) is 12.0 Å². The molecule has 1 aliphatic heterocycles. The average molecular weight is 383 g/mol. The van der Waals surface area contributed by atoms with E-state index in [1.807, 2.05) is 0 Å². The highest BCUT2D eigenvalue weighted by atomic mass is 28.4. The molecule has 1 aliphatic carbocycles. The highest BCUT2D eigenvalue weighted by Crippen LogP contribution is 2.48. The summed E-state index contributed by atoms with van der Waals surface area (Å²) in [6.07, 6.45) is 1.23. The lowest BCUT2D eigenvalue weighted by Gasteiger charge is -2.42. The molecule has 0 bridgehead atoms. The molecule has 2 fully saturated rings. The molecule has 0 aromatic heterocycles. The van der Waals surface area contributed by atoms with E-state index in [0.29, 0.717) is 0 Å². The predicted octanol–water partition coefficient (Wildman–Crippen LogP) is 5.65. The third kappa shape index (κ3) is 4.23. The zero-order valence-electron chi connectivity index (χ0n) is 17.9. The van der Waals surface area contributed by atoms with Crippen LogP contribution in [0.15, 0.2) is 17.9 Å². The van der Waals surface area contributed by atoms with Gasteiger partial charge in [0.1, 0.15) is 18.3 Å². The molecule has 4 atom stereocenters. The summed E-state index contributed by atoms with van der Waals surface area (Å²) < 4.78 is 19.4. The Morgan fingerprint density at radius 3 is 1.84 bits per heavy atom. The van der Waals surface area contributed by atoms with Crippen molar-refractivity contribution in [3.8, 4) is 0 Å². The van der Waals surface area contributed by atoms with Gasteiger partial charge in [-0.1, -0.05) is 48.1 Å². The maximum atomic E-state index is 6.68. The fourth-order valence-electron chi connectivity index (χ4n) is 2.80. The Morgan fingerprint density at radius 2 is 1.40 bits per heavy atom. The van der Waals surface area contributed by atoms with Crippen LogP contribution >= 0.6 is 0 Å². The van der Waals surface area contributed by atoms with E-state index in [1.165, 1.54) is 0 Å². The first-order valence-electron chi connectivity index (χ1n) is 9.51. The van der Waals surface area contributed by atoms with Crippen molar-refractivity contribution in [3.63, 3.8) is 0 Å². The van der Waals surface area contributed by atoms with E-state index in [9.17, 15) is 0 Å². The summed E-state index contributed by atoms with van der Waals surface area (Å²) in [5.41, 5.74) is 4.29. The Labute approximate surface area is 157 Å². The molecule has 0 spiro atoms. The molecule has 2 rings (SSSR count). The van der Waals surface area contributed by atoms with E-state index in [-0.39, 0.29) is 34.5 Å². The van der Waals surface area contributed by atoms with E-state index < -0.39 is 16.6 Å². The molecule has 25 heavy (non-hydrogen) atoms. The molecule has 0 aromatic rings. The van der Waals surface area contributed by atoms with Gasteiger partial charge in [-0.3, -0.25) is 0 Å². The van der Waals surface area contributed by atoms with E-state index in [4.69, 9.17) is 13.6 Å². The van der Waals surface area contributed by atoms with Gasteiger partial charge in [-0.15, -0.1) is 5.73 Å². The van der Waals surface area contributed by atoms with Gasteiger partial charge in [-0.2, -0.15) is 0 Å². The SMILES string of the molecule is C=C=C1C[C@@H](O[Si](C)(C)C(C)(C)C)[C@@H]2O[C@@H]2[C@H]1O[Si](C)(C)C(C)(C)C. The lowest BCUT2D eigenvalue weighted by Crippen LogP contribution is -2.51. The van der Waals surface area contributed by atoms with Gasteiger partial charge in [0.05, 0.1) is 6.10 Å². The van der Waals surface area contributed by atoms with Crippen LogP contribution in [0.4, 0.5) is 0 Å². The number of hydrogen-bond donors (Lipinski definition) is 0. The first-order chi connectivity index (χ1) is 11.1. The number of fused-ring (bicyclic) bond motifs is 1. The Bertz CT molecular complexity index is 562. The number of ether oxygens (including phenoxy) is 1. The summed E-state index contributed by atoms with van der Waals surface area (Å²) in [6.45, 7) is 26.8. The van der Waals surface area contributed by atoms with Crippen LogP contribution in [0.25, 0.3) is 0 Å². The lowest BCUT2D eigenvalue weighted by atomic mass is 9.91. The summed E-state index contributed by atoms with van der Waals surface area (Å²) in [6, 6.07) is 0. The topological polar surface area (TPSA) is 31.0 Å². The number of epoxide rings is 1. The molecule has 2 aliphatic rings. The smallest absolute Gasteiger partial charge is 0.193 e. The molecule has 3 nitrogen and oxygen atoms in total. The maximum Gasteiger partial charge on any atom is 0.193 e. The molecular formula is C20H38O3Si2. The third-order valence-corrected chi connectivity index (χ3v) is 15.7. The minimum Gasteiger partial charge on any atom is -0.411 e. The molecule has 1 saturated carbocycles. The third-order valence-electron chi connectivity index (χ3n) is 6.70. The van der Waals surface area contributed by atoms with Crippen LogP contribution in [-0.2, 0) is 13.6 Å². The predicted molar refractivity (Wildman–Crippen MR) is 110 cm³/mol. The van der Waals surface area contributed by atoms with Gasteiger partial charge in [-0.05, 0) is 36.3 Å². The second-order valence-corrected chi connectivity index (χ2v) is 20.2. The quantitative estimate of drug-likeness (QED) is 0.357. The zero-order valence-corrected chi connectivity index (χ0v) is 19.9. The van der Waals surface area contributed by atoms with Crippen molar-refractivity contribution in [2.45, 2.75) is 109 Å². The standard InChI is InChI=1S/C20H38O3Si2/c1-12-14-13-15(22-24(8,9)19(2,3)4)17-18(21-17)16(14)23-25(10,11)20(5,6)7/h15-18H,1,13H2,2-11H3/t15-,16+,17+,18-/m1/s1. The number of rotatable bonds is 4. The minimum absolute atomic E-state index is 0.00246. The highest BCUT2D eigenvalue weighted by molar-refractivity contribution is 6.74. The Kier molecular flexibility index (Phi) is 5.47. The van der Waals surface area contributed by atoms with E-state index in [2.05, 4.69) is 80.0 Å². The van der Waals surface area contributed by atoms with Gasteiger partial charge in [0.15, 0.2) is 16.6 Å². The normalized spacial score (nSPS) is 30.7. The molecule has 1 saturated heterocycles. The van der Waals surface area contributed by atoms with Crippen molar-refractivity contribution >= 4 is 16.6 Å². The largest absolute Gasteiger partial charge is 0.411 e. The summed E-state index contributed by atoms with van der Waals surface area (Å²) in [5, 5.41) is 0.377. The summed E-state index contributed by atoms with van der Waals surface area (Å²) in [4.78, 5) is 0. The molecule has 0 aromatic carbocycles. The van der Waals surface area contributed by atoms with E-state index in [1.54, 1.807) is 0 Å². The summed E-state index contributed by atoms with van der Waals surface area (Å²) >= 11 is 0. The van der Waals surface area contributed by atoms with Crippen molar-refractivity contribution in [2.75, 3.05) is 0 Å². The van der Waals surface area contributed by atoms with Crippen molar-refractivity contribution in [1.82, 2.24) is 0 Å². The van der Waals surface area contributed by atoms with Crippen LogP contribution in [0.2, 0.25) is 36.3 Å². The van der Waals surface area contributed by atoms with Crippen molar-refractivity contribution in [2.24, 2.45) is 0 Å². The molecule has 1 heterocycles. The first-order valence-corrected chi connectivity index (χ1v) is 15.3. The second kappa shape index (κ2) is 6.47. The molecule has 5 heteroatoms. The van der Waals surface area contributed by atoms with Crippen LogP contribution in [0, 0.1) is 0 Å². The Hall–Kier alpha value is -0.166. The average Bonchev–Trinajstić information content (AvgIpc) is 3.18. The summed E-state index contributed by atoms with van der Waals surface area (Å²) in [5.74, 6) is 0. The van der Waals surface area contributed by atoms with Crippen LogP contribution in [0.1, 0.15) is 48.0 Å². The molecule has 144 valence electrons. The van der Waals surface area contributed by atoms with Crippen molar-refractivity contribution in [3.05, 3.63) is 17.9 Å². The lowest BCUT2D eigenvalue weighted by molar-refractivity contribution is 0.126. The highest BCUT2D eigenvalue weighted by Gasteiger charge is 2.59. The van der Waals surface area contributed by atoms with Gasteiger partial charge in [0, 0.05) is 12.0 Å². The second-order valence-electron chi connectivity index (χ2n) is 10.7. The van der Waals surface area contributed by atoms with Crippen LogP contribution in [0.5, 0.6) is 0 Å². The van der Waals surface area contributed by atoms with Gasteiger partial charge < -0.3 is 13.6 Å². The Balaban J connectivity index is 2.15. The fraction of sp³-hybridized carbons (Fsp3) is 0.850. The Morgan fingerprint density at radius 1 is 0.920 bits per heavy atom. The molecule has 0 unspecified atom stereocenters. The maximum absolute atomic E-state index is 6.68. The van der Waals surface area contributed by atoms with Gasteiger partial charge >= 0.3 is 0 Å². The first kappa shape index (κ1) is 21.1. The van der Waals surface area contributed by atoms with Crippen LogP contribution in [0.3, 0.4) is 0 Å². The minimum atomic E-state index is -1.87. The van der Waals surface area contributed by atoms with E-state index >= 15 is 0 Å². The van der Waals surface area contributed by atoms with Crippen molar-refractivity contribution in [1.29, 1.82) is 0 Å². The fourth-order valence-corrected chi connectivity index (χ4v) is 5.39. The van der Waals surface area contributed by atoms with Crippen molar-refractivity contribution < 1.29 is 13.6 Å². The molecule has 0 amide bonds. The zero-order chi connectivity index (χ0) is 19.4.